The summed E-state index contributed by atoms with van der Waals surface area (Å²) >= 11 is 1.39. The maximum Gasteiger partial charge on any atom is 0.350 e. The highest BCUT2D eigenvalue weighted by molar-refractivity contribution is 7.99. The van der Waals surface area contributed by atoms with Gasteiger partial charge in [0.1, 0.15) is 11.3 Å². The van der Waals surface area contributed by atoms with Crippen molar-refractivity contribution < 1.29 is 15.2 Å². The predicted molar refractivity (Wildman–Crippen MR) is 132 cm³/mol. The summed E-state index contributed by atoms with van der Waals surface area (Å²) in [7, 11) is -1.49. The molecule has 1 aliphatic rings. The normalized spacial score (nSPS) is 22.3. The van der Waals surface area contributed by atoms with Crippen LogP contribution in [0.15, 0.2) is 21.0 Å². The highest BCUT2D eigenvalue weighted by Gasteiger charge is 2.39. The molecule has 0 saturated carbocycles. The predicted octanol–water partition coefficient (Wildman–Crippen LogP) is 4.66. The van der Waals surface area contributed by atoms with Crippen LogP contribution < -0.4 is 5.69 Å². The second-order valence-electron chi connectivity index (χ2n) is 8.20. The quantitative estimate of drug-likeness (QED) is 0.102. The molecule has 1 aromatic rings. The SMILES string of the molecule is [2H]CC1OC(n2cc(C)c(SCCC#N)nc2=O)C[C@H]1OP(OC=NCC)N(C(C)C)C(C)C. The number of ether oxygens (including phenoxy) is 1. The first-order valence-electron chi connectivity index (χ1n) is 11.9. The summed E-state index contributed by atoms with van der Waals surface area (Å²) in [6.07, 6.45) is 2.48. The molecule has 2 heterocycles. The number of aryl methyl sites for hydroxylation is 1. The lowest BCUT2D eigenvalue weighted by molar-refractivity contribution is -0.00793. The van der Waals surface area contributed by atoms with E-state index in [0.717, 1.165) is 5.56 Å². The zero-order valence-electron chi connectivity index (χ0n) is 21.3. The summed E-state index contributed by atoms with van der Waals surface area (Å²) < 4.78 is 30.0. The Morgan fingerprint density at radius 2 is 2.24 bits per heavy atom. The average molecular weight is 499 g/mol. The van der Waals surface area contributed by atoms with Gasteiger partial charge in [0.05, 0.1) is 18.3 Å². The molecule has 1 aliphatic heterocycles. The minimum Gasteiger partial charge on any atom is -0.425 e. The first kappa shape index (κ1) is 26.1. The number of aromatic nitrogens is 2. The lowest BCUT2D eigenvalue weighted by Crippen LogP contribution is -2.35. The van der Waals surface area contributed by atoms with Crippen molar-refractivity contribution in [2.75, 3.05) is 12.3 Å². The zero-order valence-corrected chi connectivity index (χ0v) is 22.0. The van der Waals surface area contributed by atoms with E-state index in [1.54, 1.807) is 6.20 Å². The maximum atomic E-state index is 12.8. The van der Waals surface area contributed by atoms with Crippen molar-refractivity contribution >= 4 is 26.7 Å². The molecule has 0 amide bonds. The van der Waals surface area contributed by atoms with Crippen LogP contribution in [0.3, 0.4) is 0 Å². The van der Waals surface area contributed by atoms with Crippen LogP contribution in [0.1, 0.15) is 67.5 Å². The fraction of sp³-hybridized carbons (Fsp3) is 0.727. The van der Waals surface area contributed by atoms with E-state index in [4.69, 9.17) is 20.4 Å². The first-order valence-corrected chi connectivity index (χ1v) is 13.3. The number of aliphatic imine (C=N–C) groups is 1. The molecule has 0 N–H and O–H groups in total. The van der Waals surface area contributed by atoms with Gasteiger partial charge in [0.2, 0.25) is 0 Å². The van der Waals surface area contributed by atoms with Gasteiger partial charge in [-0.15, -0.1) is 11.8 Å². The number of nitriles is 1. The molecule has 4 atom stereocenters. The fourth-order valence-electron chi connectivity index (χ4n) is 3.45. The average Bonchev–Trinajstić information content (AvgIpc) is 3.18. The molecule has 0 bridgehead atoms. The van der Waals surface area contributed by atoms with Crippen LogP contribution in [0.5, 0.6) is 0 Å². The summed E-state index contributed by atoms with van der Waals surface area (Å²) in [6, 6.07) is 2.44. The van der Waals surface area contributed by atoms with Crippen molar-refractivity contribution in [2.45, 2.75) is 96.8 Å². The van der Waals surface area contributed by atoms with Gasteiger partial charge < -0.3 is 13.8 Å². The van der Waals surface area contributed by atoms with Gasteiger partial charge in [-0.25, -0.2) is 9.46 Å². The lowest BCUT2D eigenvalue weighted by atomic mass is 10.2. The van der Waals surface area contributed by atoms with Gasteiger partial charge in [0.25, 0.3) is 0 Å². The summed E-state index contributed by atoms with van der Waals surface area (Å²) in [6.45, 7) is 12.7. The zero-order chi connectivity index (χ0) is 25.3. The Labute approximate surface area is 203 Å². The van der Waals surface area contributed by atoms with E-state index >= 15 is 0 Å². The first-order chi connectivity index (χ1) is 16.2. The second-order valence-corrected chi connectivity index (χ2v) is 10.6. The Balaban J connectivity index is 2.23. The third-order valence-electron chi connectivity index (χ3n) is 4.90. The third-order valence-corrected chi connectivity index (χ3v) is 8.02. The molecule has 0 aliphatic carbocycles. The van der Waals surface area contributed by atoms with Gasteiger partial charge in [0.15, 0.2) is 6.40 Å². The van der Waals surface area contributed by atoms with Crippen LogP contribution in [-0.2, 0) is 13.8 Å². The Kier molecular flexibility index (Phi) is 10.6. The lowest BCUT2D eigenvalue weighted by Gasteiger charge is -2.36. The molecule has 1 aromatic heterocycles. The molecule has 1 fully saturated rings. The Hall–Kier alpha value is -1.50. The molecule has 184 valence electrons. The molecule has 0 radical (unpaired) electrons. The van der Waals surface area contributed by atoms with Crippen LogP contribution in [0.2, 0.25) is 0 Å². The van der Waals surface area contributed by atoms with E-state index in [0.29, 0.717) is 30.2 Å². The van der Waals surface area contributed by atoms with Crippen LogP contribution in [0.4, 0.5) is 0 Å². The van der Waals surface area contributed by atoms with E-state index < -0.39 is 32.7 Å². The van der Waals surface area contributed by atoms with E-state index in [9.17, 15) is 4.79 Å². The number of hydrogen-bond acceptors (Lipinski definition) is 9. The molecule has 1 saturated heterocycles. The van der Waals surface area contributed by atoms with Gasteiger partial charge in [0, 0.05) is 44.8 Å². The second kappa shape index (κ2) is 13.4. The van der Waals surface area contributed by atoms with E-state index in [-0.39, 0.29) is 19.0 Å². The van der Waals surface area contributed by atoms with Gasteiger partial charge in [-0.2, -0.15) is 10.2 Å². The minimum absolute atomic E-state index is 0.00000278. The largest absolute Gasteiger partial charge is 0.425 e. The topological polar surface area (TPSA) is 102 Å². The molecular formula is C22H36N5O4PS. The third kappa shape index (κ3) is 7.76. The van der Waals surface area contributed by atoms with E-state index in [1.807, 2.05) is 13.8 Å². The summed E-state index contributed by atoms with van der Waals surface area (Å²) in [5.41, 5.74) is 0.420. The van der Waals surface area contributed by atoms with Crippen LogP contribution in [0, 0.1) is 18.3 Å². The van der Waals surface area contributed by atoms with Crippen molar-refractivity contribution in [1.82, 2.24) is 14.2 Å². The van der Waals surface area contributed by atoms with Crippen LogP contribution >= 0.6 is 20.3 Å². The number of hydrogen-bond donors (Lipinski definition) is 0. The molecule has 33 heavy (non-hydrogen) atoms. The highest BCUT2D eigenvalue weighted by Crippen LogP contribution is 2.49. The Morgan fingerprint density at radius 3 is 2.85 bits per heavy atom. The van der Waals surface area contributed by atoms with Crippen molar-refractivity contribution in [3.63, 3.8) is 0 Å². The number of nitrogens with zero attached hydrogens (tertiary/aromatic N) is 5. The van der Waals surface area contributed by atoms with Crippen LogP contribution in [0.25, 0.3) is 0 Å². The smallest absolute Gasteiger partial charge is 0.350 e. The van der Waals surface area contributed by atoms with Crippen molar-refractivity contribution in [3.05, 3.63) is 22.2 Å². The molecule has 3 unspecified atom stereocenters. The molecule has 11 heteroatoms. The summed E-state index contributed by atoms with van der Waals surface area (Å²) in [4.78, 5) is 21.1. The molecular weight excluding hydrogens is 461 g/mol. The Bertz CT molecular complexity index is 902. The molecule has 0 aromatic carbocycles. The monoisotopic (exact) mass is 498 g/mol. The molecule has 0 spiro atoms. The van der Waals surface area contributed by atoms with Gasteiger partial charge in [-0.1, -0.05) is 0 Å². The molecule has 9 nitrogen and oxygen atoms in total. The van der Waals surface area contributed by atoms with Gasteiger partial charge in [-0.3, -0.25) is 9.56 Å². The minimum atomic E-state index is -1.49. The number of thioether (sulfide) groups is 1. The van der Waals surface area contributed by atoms with Crippen LogP contribution in [-0.4, -0.2) is 57.2 Å². The van der Waals surface area contributed by atoms with E-state index in [1.165, 1.54) is 22.7 Å². The van der Waals surface area contributed by atoms with Crippen molar-refractivity contribution in [3.8, 4) is 6.07 Å². The van der Waals surface area contributed by atoms with E-state index in [2.05, 4.69) is 48.4 Å². The summed E-state index contributed by atoms with van der Waals surface area (Å²) in [5.74, 6) is 0.581. The van der Waals surface area contributed by atoms with Gasteiger partial charge in [-0.05, 0) is 54.0 Å². The number of rotatable bonds is 12. The van der Waals surface area contributed by atoms with Crippen molar-refractivity contribution in [2.24, 2.45) is 4.99 Å². The maximum absolute atomic E-state index is 12.8. The standard InChI is InChI=1S/C22H36N5O4PS/c1-8-24-14-29-32(27(15(2)3)16(4)5)31-19-12-20(30-18(19)7)26-13-17(6)21(25-22(26)28)33-11-9-10-23/h13-16,18-20H,8-9,11-12H2,1-7H3/t18?,19-,20?,32?/m1/s1/i7D. The molecule has 2 rings (SSSR count). The Morgan fingerprint density at radius 1 is 1.52 bits per heavy atom. The highest BCUT2D eigenvalue weighted by atomic mass is 32.2. The van der Waals surface area contributed by atoms with Crippen molar-refractivity contribution in [1.29, 1.82) is 5.26 Å². The summed E-state index contributed by atoms with van der Waals surface area (Å²) in [5, 5.41) is 9.36. The van der Waals surface area contributed by atoms with Gasteiger partial charge >= 0.3 is 14.2 Å². The fourth-order valence-corrected chi connectivity index (χ4v) is 5.89.